The van der Waals surface area contributed by atoms with Gasteiger partial charge in [-0.25, -0.2) is 18.1 Å². The fourth-order valence-corrected chi connectivity index (χ4v) is 4.47. The van der Waals surface area contributed by atoms with Crippen molar-refractivity contribution in [2.45, 2.75) is 26.4 Å². The Balaban J connectivity index is 1.90. The number of aromatic nitrogens is 2. The maximum absolute atomic E-state index is 13.5. The third-order valence-electron chi connectivity index (χ3n) is 6.00. The Morgan fingerprint density at radius 1 is 1.03 bits per heavy atom. The predicted molar refractivity (Wildman–Crippen MR) is 138 cm³/mol. The van der Waals surface area contributed by atoms with Crippen LogP contribution in [-0.4, -0.2) is 80.2 Å². The van der Waals surface area contributed by atoms with Crippen LogP contribution in [0.15, 0.2) is 41.3 Å². The molecule has 1 aliphatic rings. The smallest absolute Gasteiger partial charge is 0.419 e. The number of hydrogen-bond donors (Lipinski definition) is 1. The Morgan fingerprint density at radius 3 is 2.30 bits per heavy atom. The highest BCUT2D eigenvalue weighted by atomic mass is 32.2. The van der Waals surface area contributed by atoms with E-state index in [0.29, 0.717) is 33.5 Å². The van der Waals surface area contributed by atoms with Gasteiger partial charge < -0.3 is 19.6 Å². The summed E-state index contributed by atoms with van der Waals surface area (Å²) in [5.41, 5.74) is -1.51. The van der Waals surface area contributed by atoms with E-state index in [4.69, 9.17) is 4.74 Å². The monoisotopic (exact) mass is 530 g/mol. The third-order valence-corrected chi connectivity index (χ3v) is 6.42. The van der Waals surface area contributed by atoms with Crippen LogP contribution in [-0.2, 0) is 4.74 Å². The number of rotatable bonds is 4. The topological polar surface area (TPSA) is 114 Å². The molecular formula is C25H27FN4O6S. The Labute approximate surface area is 216 Å². The summed E-state index contributed by atoms with van der Waals surface area (Å²) in [5, 5.41) is 9.94. The van der Waals surface area contributed by atoms with E-state index in [9.17, 15) is 28.2 Å². The largest absolute Gasteiger partial charge is 0.478 e. The summed E-state index contributed by atoms with van der Waals surface area (Å²) in [6.07, 6.45) is 0.0572. The maximum atomic E-state index is 13.5. The van der Waals surface area contributed by atoms with E-state index in [1.54, 1.807) is 43.9 Å². The van der Waals surface area contributed by atoms with Gasteiger partial charge in [0.15, 0.2) is 12.3 Å². The highest BCUT2D eigenvalue weighted by Gasteiger charge is 2.27. The number of pyridine rings is 1. The van der Waals surface area contributed by atoms with Gasteiger partial charge in [0.05, 0.1) is 22.3 Å². The first kappa shape index (κ1) is 26.4. The number of ether oxygens (including phenoxy) is 1. The van der Waals surface area contributed by atoms with Crippen LogP contribution in [0.5, 0.6) is 0 Å². The lowest BCUT2D eigenvalue weighted by Gasteiger charge is -2.32. The number of likely N-dealkylation sites (N-methyl/N-ethyl adjacent to an activating group) is 1. The summed E-state index contributed by atoms with van der Waals surface area (Å²) in [5.74, 6) is -1.53. The van der Waals surface area contributed by atoms with Crippen molar-refractivity contribution in [3.05, 3.63) is 58.0 Å². The molecule has 10 nitrogen and oxygen atoms in total. The first-order valence-corrected chi connectivity index (χ1v) is 12.2. The molecule has 1 aliphatic heterocycles. The number of piperazine rings is 1. The molecule has 0 radical (unpaired) electrons. The van der Waals surface area contributed by atoms with Crippen molar-refractivity contribution < 1.29 is 28.1 Å². The van der Waals surface area contributed by atoms with Gasteiger partial charge in [-0.3, -0.25) is 9.59 Å². The summed E-state index contributed by atoms with van der Waals surface area (Å²) >= 11 is -0.449. The van der Waals surface area contributed by atoms with Gasteiger partial charge in [-0.2, -0.15) is 0 Å². The van der Waals surface area contributed by atoms with E-state index in [-0.39, 0.29) is 22.7 Å². The van der Waals surface area contributed by atoms with Gasteiger partial charge in [0.1, 0.15) is 5.60 Å². The van der Waals surface area contributed by atoms with Crippen LogP contribution in [0.25, 0.3) is 22.2 Å². The van der Waals surface area contributed by atoms with Crippen LogP contribution in [0, 0.1) is 0 Å². The van der Waals surface area contributed by atoms with E-state index >= 15 is 0 Å². The van der Waals surface area contributed by atoms with Crippen molar-refractivity contribution in [1.29, 1.82) is 0 Å². The van der Waals surface area contributed by atoms with E-state index in [1.165, 1.54) is 6.07 Å². The SMILES string of the molecule is CN1CCN(C(=O)c2ccc3c(c2)cc(-c2cc(C(=O)O)cn(SF)c2=O)n3C(=O)OC(C)(C)C)CC1. The zero-order chi connectivity index (χ0) is 27.1. The summed E-state index contributed by atoms with van der Waals surface area (Å²) < 4.78 is 20.7. The minimum Gasteiger partial charge on any atom is -0.478 e. The molecule has 1 saturated heterocycles. The second kappa shape index (κ2) is 10.0. The summed E-state index contributed by atoms with van der Waals surface area (Å²) in [6, 6.07) is 7.37. The lowest BCUT2D eigenvalue weighted by atomic mass is 10.1. The number of benzene rings is 1. The zero-order valence-electron chi connectivity index (χ0n) is 20.9. The van der Waals surface area contributed by atoms with Gasteiger partial charge in [-0.1, -0.05) is 0 Å². The first-order chi connectivity index (χ1) is 17.4. The van der Waals surface area contributed by atoms with Gasteiger partial charge in [-0.05, 0) is 58.2 Å². The van der Waals surface area contributed by atoms with Crippen molar-refractivity contribution >= 4 is 41.2 Å². The van der Waals surface area contributed by atoms with Gasteiger partial charge in [0, 0.05) is 43.3 Å². The molecule has 1 fully saturated rings. The highest BCUT2D eigenvalue weighted by Crippen LogP contribution is 2.30. The van der Waals surface area contributed by atoms with Crippen molar-refractivity contribution in [1.82, 2.24) is 18.3 Å². The molecule has 0 saturated carbocycles. The Morgan fingerprint density at radius 2 is 1.70 bits per heavy atom. The molecule has 3 heterocycles. The quantitative estimate of drug-likeness (QED) is 0.543. The molecule has 0 spiro atoms. The van der Waals surface area contributed by atoms with Crippen molar-refractivity contribution in [2.24, 2.45) is 0 Å². The number of carbonyl (C=O) groups excluding carboxylic acids is 2. The lowest BCUT2D eigenvalue weighted by Crippen LogP contribution is -2.47. The fourth-order valence-electron chi connectivity index (χ4n) is 4.15. The molecule has 12 heteroatoms. The number of aromatic carboxylic acids is 1. The molecule has 0 bridgehead atoms. The number of carboxylic acid groups (broad SMARTS) is 1. The van der Waals surface area contributed by atoms with Gasteiger partial charge in [0.2, 0.25) is 0 Å². The van der Waals surface area contributed by atoms with Crippen LogP contribution in [0.2, 0.25) is 0 Å². The number of carboxylic acids is 1. The van der Waals surface area contributed by atoms with Crippen molar-refractivity contribution in [2.75, 3.05) is 33.2 Å². The maximum Gasteiger partial charge on any atom is 0.419 e. The molecule has 2 aromatic heterocycles. The predicted octanol–water partition coefficient (Wildman–Crippen LogP) is 3.72. The Bertz CT molecular complexity index is 1450. The molecule has 37 heavy (non-hydrogen) atoms. The standard InChI is InChI=1S/C25H27FN4O6S/c1-25(2,3)36-24(35)30-19-6-5-15(21(31)28-9-7-27(4)8-10-28)11-16(19)13-20(30)18-12-17(23(33)34)14-29(37-26)22(18)32/h5-6,11-14H,7-10H2,1-4H3,(H,33,34). The number of fused-ring (bicyclic) bond motifs is 1. The molecule has 0 unspecified atom stereocenters. The zero-order valence-corrected chi connectivity index (χ0v) is 21.7. The first-order valence-electron chi connectivity index (χ1n) is 11.6. The van der Waals surface area contributed by atoms with Crippen LogP contribution in [0.4, 0.5) is 8.68 Å². The second-order valence-electron chi connectivity index (χ2n) is 9.86. The molecule has 1 amide bonds. The Kier molecular flexibility index (Phi) is 7.16. The normalized spacial score (nSPS) is 14.7. The summed E-state index contributed by atoms with van der Waals surface area (Å²) in [6.45, 7) is 7.72. The van der Waals surface area contributed by atoms with Gasteiger partial charge >= 0.3 is 12.1 Å². The molecule has 0 aliphatic carbocycles. The van der Waals surface area contributed by atoms with Gasteiger partial charge in [0.25, 0.3) is 11.5 Å². The van der Waals surface area contributed by atoms with Crippen molar-refractivity contribution in [3.8, 4) is 11.3 Å². The molecule has 1 N–H and O–H groups in total. The summed E-state index contributed by atoms with van der Waals surface area (Å²) in [4.78, 5) is 54.9. The molecule has 0 atom stereocenters. The number of halogens is 1. The van der Waals surface area contributed by atoms with Gasteiger partial charge in [-0.15, -0.1) is 3.89 Å². The van der Waals surface area contributed by atoms with Crippen LogP contribution in [0.1, 0.15) is 41.5 Å². The van der Waals surface area contributed by atoms with E-state index < -0.39 is 35.6 Å². The average molecular weight is 531 g/mol. The van der Waals surface area contributed by atoms with E-state index in [2.05, 4.69) is 4.90 Å². The molecule has 1 aromatic carbocycles. The molecule has 4 rings (SSSR count). The number of hydrogen-bond acceptors (Lipinski definition) is 7. The van der Waals surface area contributed by atoms with Crippen molar-refractivity contribution in [3.63, 3.8) is 0 Å². The fraction of sp³-hybridized carbons (Fsp3) is 0.360. The second-order valence-corrected chi connectivity index (χ2v) is 10.4. The number of amides is 1. The number of nitrogens with zero attached hydrogens (tertiary/aromatic N) is 4. The molecule has 3 aromatic rings. The minimum absolute atomic E-state index is 0.0179. The average Bonchev–Trinajstić information content (AvgIpc) is 3.21. The van der Waals surface area contributed by atoms with E-state index in [1.807, 2.05) is 7.05 Å². The number of carbonyl (C=O) groups is 3. The molecular weight excluding hydrogens is 503 g/mol. The van der Waals surface area contributed by atoms with Crippen LogP contribution >= 0.6 is 12.3 Å². The molecule has 196 valence electrons. The lowest BCUT2D eigenvalue weighted by molar-refractivity contribution is 0.0546. The highest BCUT2D eigenvalue weighted by molar-refractivity contribution is 7.92. The van der Waals surface area contributed by atoms with Crippen LogP contribution < -0.4 is 5.56 Å². The minimum atomic E-state index is -1.37. The van der Waals surface area contributed by atoms with E-state index in [0.717, 1.165) is 29.9 Å². The summed E-state index contributed by atoms with van der Waals surface area (Å²) in [7, 11) is 1.99. The third kappa shape index (κ3) is 5.39. The Hall–Kier alpha value is -3.64. The van der Waals surface area contributed by atoms with Crippen LogP contribution in [0.3, 0.4) is 0 Å².